The molecule has 2 aliphatic heterocycles. The minimum Gasteiger partial charge on any atom is -0.493 e. The van der Waals surface area contributed by atoms with E-state index in [4.69, 9.17) is 9.47 Å². The van der Waals surface area contributed by atoms with Crippen LogP contribution in [0.3, 0.4) is 0 Å². The molecule has 0 spiro atoms. The Hall–Kier alpha value is -2.37. The largest absolute Gasteiger partial charge is 0.493 e. The maximum absolute atomic E-state index is 12.8. The lowest BCUT2D eigenvalue weighted by Crippen LogP contribution is -2.49. The fraction of sp³-hybridized carbons (Fsp3) is 0.409. The average Bonchev–Trinajstić information content (AvgIpc) is 3.20. The fourth-order valence-corrected chi connectivity index (χ4v) is 3.75. The number of amides is 1. The first-order valence-electron chi connectivity index (χ1n) is 9.61. The number of methoxy groups -OCH3 is 1. The summed E-state index contributed by atoms with van der Waals surface area (Å²) in [4.78, 5) is 17.1. The molecule has 0 aromatic heterocycles. The van der Waals surface area contributed by atoms with Crippen molar-refractivity contribution >= 4 is 5.91 Å². The van der Waals surface area contributed by atoms with Crippen molar-refractivity contribution < 1.29 is 14.3 Å². The topological polar surface area (TPSA) is 42.0 Å². The van der Waals surface area contributed by atoms with Gasteiger partial charge in [-0.15, -0.1) is 0 Å². The molecule has 142 valence electrons. The normalized spacial score (nSPS) is 16.9. The van der Waals surface area contributed by atoms with E-state index in [1.54, 1.807) is 7.11 Å². The highest BCUT2D eigenvalue weighted by Gasteiger charge is 2.22. The monoisotopic (exact) mass is 366 g/mol. The molecule has 0 saturated carbocycles. The van der Waals surface area contributed by atoms with Crippen molar-refractivity contribution in [2.75, 3.05) is 53.0 Å². The van der Waals surface area contributed by atoms with Gasteiger partial charge in [0.2, 0.25) is 0 Å². The predicted molar refractivity (Wildman–Crippen MR) is 105 cm³/mol. The number of carbonyl (C=O) groups is 1. The Morgan fingerprint density at radius 2 is 1.78 bits per heavy atom. The van der Waals surface area contributed by atoms with E-state index in [2.05, 4.69) is 17.0 Å². The van der Waals surface area contributed by atoms with E-state index >= 15 is 0 Å². The van der Waals surface area contributed by atoms with Crippen LogP contribution < -0.4 is 4.74 Å². The first-order chi connectivity index (χ1) is 13.2. The molecule has 27 heavy (non-hydrogen) atoms. The van der Waals surface area contributed by atoms with Crippen molar-refractivity contribution in [3.8, 4) is 16.9 Å². The molecule has 4 rings (SSSR count). The summed E-state index contributed by atoms with van der Waals surface area (Å²) in [5.41, 5.74) is 4.32. The summed E-state index contributed by atoms with van der Waals surface area (Å²) in [6.07, 6.45) is 0.968. The number of piperazine rings is 1. The lowest BCUT2D eigenvalue weighted by atomic mass is 10.0. The molecule has 2 aromatic carbocycles. The van der Waals surface area contributed by atoms with Crippen molar-refractivity contribution in [1.82, 2.24) is 9.80 Å². The number of rotatable bonds is 5. The molecular formula is C22H26N2O3. The number of hydrogen-bond donors (Lipinski definition) is 0. The van der Waals surface area contributed by atoms with E-state index < -0.39 is 0 Å². The third kappa shape index (κ3) is 3.99. The Labute approximate surface area is 160 Å². The minimum atomic E-state index is 0.121. The van der Waals surface area contributed by atoms with E-state index in [1.165, 1.54) is 11.1 Å². The van der Waals surface area contributed by atoms with Crippen LogP contribution in [0.2, 0.25) is 0 Å². The van der Waals surface area contributed by atoms with Crippen molar-refractivity contribution in [3.63, 3.8) is 0 Å². The van der Waals surface area contributed by atoms with Gasteiger partial charge in [0.1, 0.15) is 5.75 Å². The van der Waals surface area contributed by atoms with Gasteiger partial charge in [0, 0.05) is 51.8 Å². The average molecular weight is 366 g/mol. The van der Waals surface area contributed by atoms with Crippen LogP contribution in [0.15, 0.2) is 42.5 Å². The van der Waals surface area contributed by atoms with Gasteiger partial charge in [0.15, 0.2) is 0 Å². The zero-order chi connectivity index (χ0) is 18.6. The number of ether oxygens (including phenoxy) is 2. The number of nitrogens with zero attached hydrogens (tertiary/aromatic N) is 2. The lowest BCUT2D eigenvalue weighted by Gasteiger charge is -2.34. The highest BCUT2D eigenvalue weighted by atomic mass is 16.5. The van der Waals surface area contributed by atoms with E-state index in [0.29, 0.717) is 0 Å². The number of benzene rings is 2. The number of carbonyl (C=O) groups excluding carboxylic acids is 1. The molecule has 0 bridgehead atoms. The summed E-state index contributed by atoms with van der Waals surface area (Å²) in [6.45, 7) is 5.80. The standard InChI is InChI=1S/C22H26N2O3/c1-26-15-13-23-9-11-24(12-10-23)22(25)18-4-2-17(3-5-18)19-6-7-21-20(16-19)8-14-27-21/h2-7,16H,8-15H2,1H3. The Morgan fingerprint density at radius 1 is 1.04 bits per heavy atom. The summed E-state index contributed by atoms with van der Waals surface area (Å²) in [6, 6.07) is 14.3. The van der Waals surface area contributed by atoms with Gasteiger partial charge in [-0.3, -0.25) is 9.69 Å². The van der Waals surface area contributed by atoms with Crippen LogP contribution >= 0.6 is 0 Å². The van der Waals surface area contributed by atoms with Gasteiger partial charge >= 0.3 is 0 Å². The molecule has 5 nitrogen and oxygen atoms in total. The molecule has 0 N–H and O–H groups in total. The second kappa shape index (κ2) is 8.11. The van der Waals surface area contributed by atoms with Crippen LogP contribution in [0.1, 0.15) is 15.9 Å². The molecule has 0 aliphatic carbocycles. The fourth-order valence-electron chi connectivity index (χ4n) is 3.75. The van der Waals surface area contributed by atoms with E-state index in [1.807, 2.05) is 35.2 Å². The molecule has 5 heteroatoms. The quantitative estimate of drug-likeness (QED) is 0.816. The van der Waals surface area contributed by atoms with Crippen LogP contribution in [0.5, 0.6) is 5.75 Å². The van der Waals surface area contributed by atoms with E-state index in [-0.39, 0.29) is 5.91 Å². The summed E-state index contributed by atoms with van der Waals surface area (Å²) in [5.74, 6) is 1.12. The molecule has 1 fully saturated rings. The van der Waals surface area contributed by atoms with Crippen LogP contribution in [-0.2, 0) is 11.2 Å². The van der Waals surface area contributed by atoms with Crippen molar-refractivity contribution in [2.45, 2.75) is 6.42 Å². The van der Waals surface area contributed by atoms with Gasteiger partial charge in [0.25, 0.3) is 5.91 Å². The molecule has 0 unspecified atom stereocenters. The second-order valence-electron chi connectivity index (χ2n) is 7.12. The third-order valence-corrected chi connectivity index (χ3v) is 5.43. The van der Waals surface area contributed by atoms with Crippen molar-refractivity contribution in [2.24, 2.45) is 0 Å². The molecule has 1 amide bonds. The summed E-state index contributed by atoms with van der Waals surface area (Å²) in [7, 11) is 1.72. The highest BCUT2D eigenvalue weighted by Crippen LogP contribution is 2.30. The molecule has 1 saturated heterocycles. The zero-order valence-corrected chi connectivity index (χ0v) is 15.8. The van der Waals surface area contributed by atoms with Gasteiger partial charge < -0.3 is 14.4 Å². The SMILES string of the molecule is COCCN1CCN(C(=O)c2ccc(-c3ccc4c(c3)CCO4)cc2)CC1. The van der Waals surface area contributed by atoms with Gasteiger partial charge in [0.05, 0.1) is 13.2 Å². The maximum atomic E-state index is 12.8. The molecule has 0 radical (unpaired) electrons. The van der Waals surface area contributed by atoms with Gasteiger partial charge in [-0.1, -0.05) is 18.2 Å². The minimum absolute atomic E-state index is 0.121. The summed E-state index contributed by atoms with van der Waals surface area (Å²) in [5, 5.41) is 0. The van der Waals surface area contributed by atoms with Crippen molar-refractivity contribution in [1.29, 1.82) is 0 Å². The van der Waals surface area contributed by atoms with Gasteiger partial charge in [-0.25, -0.2) is 0 Å². The second-order valence-corrected chi connectivity index (χ2v) is 7.12. The Bertz CT molecular complexity index is 796. The third-order valence-electron chi connectivity index (χ3n) is 5.43. The molecule has 2 aliphatic rings. The first-order valence-corrected chi connectivity index (χ1v) is 9.61. The van der Waals surface area contributed by atoms with Gasteiger partial charge in [-0.2, -0.15) is 0 Å². The molecule has 0 atom stereocenters. The molecule has 2 heterocycles. The highest BCUT2D eigenvalue weighted by molar-refractivity contribution is 5.94. The lowest BCUT2D eigenvalue weighted by molar-refractivity contribution is 0.0594. The maximum Gasteiger partial charge on any atom is 0.253 e. The Morgan fingerprint density at radius 3 is 2.52 bits per heavy atom. The van der Waals surface area contributed by atoms with E-state index in [9.17, 15) is 4.79 Å². The Balaban J connectivity index is 1.40. The van der Waals surface area contributed by atoms with E-state index in [0.717, 1.165) is 69.2 Å². The smallest absolute Gasteiger partial charge is 0.253 e. The molecular weight excluding hydrogens is 340 g/mol. The molecule has 2 aromatic rings. The van der Waals surface area contributed by atoms with Gasteiger partial charge in [-0.05, 0) is 41.0 Å². The number of hydrogen-bond acceptors (Lipinski definition) is 4. The van der Waals surface area contributed by atoms with Crippen LogP contribution in [-0.4, -0.2) is 68.8 Å². The van der Waals surface area contributed by atoms with Crippen molar-refractivity contribution in [3.05, 3.63) is 53.6 Å². The number of fused-ring (bicyclic) bond motifs is 1. The van der Waals surface area contributed by atoms with Crippen LogP contribution in [0.25, 0.3) is 11.1 Å². The summed E-state index contributed by atoms with van der Waals surface area (Å²) < 4.78 is 10.7. The van der Waals surface area contributed by atoms with Crippen LogP contribution in [0, 0.1) is 0 Å². The first kappa shape index (κ1) is 18.0. The Kier molecular flexibility index (Phi) is 5.41. The zero-order valence-electron chi connectivity index (χ0n) is 15.8. The predicted octanol–water partition coefficient (Wildman–Crippen LogP) is 2.69. The van der Waals surface area contributed by atoms with Crippen LogP contribution in [0.4, 0.5) is 0 Å². The summed E-state index contributed by atoms with van der Waals surface area (Å²) >= 11 is 0.